The van der Waals surface area contributed by atoms with Crippen molar-refractivity contribution in [3.8, 4) is 0 Å². The van der Waals surface area contributed by atoms with Crippen molar-refractivity contribution in [3.63, 3.8) is 0 Å². The monoisotopic (exact) mass is 362 g/mol. The quantitative estimate of drug-likeness (QED) is 0.647. The van der Waals surface area contributed by atoms with E-state index in [4.69, 9.17) is 16.6 Å². The number of halogens is 1. The Bertz CT molecular complexity index is 793. The Morgan fingerprint density at radius 2 is 2.04 bits per heavy atom. The maximum atomic E-state index is 5.91. The highest BCUT2D eigenvalue weighted by Crippen LogP contribution is 2.38. The molecule has 0 saturated heterocycles. The maximum absolute atomic E-state index is 5.91. The molecule has 0 radical (unpaired) electrons. The van der Waals surface area contributed by atoms with Crippen LogP contribution in [0.15, 0.2) is 34.8 Å². The number of hydrogen-bond donors (Lipinski definition) is 1. The summed E-state index contributed by atoms with van der Waals surface area (Å²) in [5.41, 5.74) is 2.31. The summed E-state index contributed by atoms with van der Waals surface area (Å²) in [5, 5.41) is 12.1. The highest BCUT2D eigenvalue weighted by Gasteiger charge is 2.27. The maximum Gasteiger partial charge on any atom is 0.208 e. The number of aromatic nitrogens is 4. The van der Waals surface area contributed by atoms with Gasteiger partial charge < -0.3 is 0 Å². The Labute approximate surface area is 147 Å². The van der Waals surface area contributed by atoms with Gasteiger partial charge in [-0.2, -0.15) is 0 Å². The van der Waals surface area contributed by atoms with E-state index in [0.717, 1.165) is 38.9 Å². The first-order valence-electron chi connectivity index (χ1n) is 7.49. The molecule has 0 aliphatic heterocycles. The van der Waals surface area contributed by atoms with Crippen LogP contribution in [0.5, 0.6) is 0 Å². The predicted octanol–water partition coefficient (Wildman–Crippen LogP) is 4.68. The van der Waals surface area contributed by atoms with Gasteiger partial charge >= 0.3 is 0 Å². The number of H-pyrrole nitrogens is 1. The first kappa shape index (κ1) is 15.2. The fraction of sp³-hybridized carbons (Fsp3) is 0.312. The van der Waals surface area contributed by atoms with E-state index in [1.165, 1.54) is 18.4 Å². The van der Waals surface area contributed by atoms with Crippen molar-refractivity contribution in [1.29, 1.82) is 0 Å². The molecule has 118 valence electrons. The predicted molar refractivity (Wildman–Crippen MR) is 94.3 cm³/mol. The van der Waals surface area contributed by atoms with Gasteiger partial charge in [-0.3, -0.25) is 5.10 Å². The van der Waals surface area contributed by atoms with Crippen molar-refractivity contribution in [2.24, 2.45) is 0 Å². The molecule has 0 atom stereocenters. The number of aromatic amines is 1. The van der Waals surface area contributed by atoms with E-state index in [1.54, 1.807) is 23.1 Å². The molecule has 7 heteroatoms. The second kappa shape index (κ2) is 6.63. The fourth-order valence-corrected chi connectivity index (χ4v) is 4.03. The van der Waals surface area contributed by atoms with Gasteiger partial charge in [-0.1, -0.05) is 35.5 Å². The number of thioether (sulfide) groups is 1. The second-order valence-corrected chi connectivity index (χ2v) is 7.92. The molecular weight excluding hydrogens is 348 g/mol. The summed E-state index contributed by atoms with van der Waals surface area (Å²) >= 11 is 9.25. The van der Waals surface area contributed by atoms with Gasteiger partial charge in [0.25, 0.3) is 0 Å². The van der Waals surface area contributed by atoms with Gasteiger partial charge in [0.2, 0.25) is 5.16 Å². The van der Waals surface area contributed by atoms with E-state index < -0.39 is 0 Å². The van der Waals surface area contributed by atoms with Crippen LogP contribution in [0.4, 0.5) is 0 Å². The van der Waals surface area contributed by atoms with Crippen LogP contribution in [0.3, 0.4) is 0 Å². The van der Waals surface area contributed by atoms with Crippen molar-refractivity contribution < 1.29 is 0 Å². The van der Waals surface area contributed by atoms with E-state index >= 15 is 0 Å². The fourth-order valence-electron chi connectivity index (χ4n) is 2.27. The second-order valence-electron chi connectivity index (χ2n) is 5.60. The minimum absolute atomic E-state index is 0.613. The Balaban J connectivity index is 1.34. The molecule has 1 fully saturated rings. The smallest absolute Gasteiger partial charge is 0.208 e. The van der Waals surface area contributed by atoms with E-state index in [1.807, 2.05) is 24.3 Å². The number of hydrogen-bond acceptors (Lipinski definition) is 5. The first-order chi connectivity index (χ1) is 11.3. The highest BCUT2D eigenvalue weighted by atomic mass is 35.5. The lowest BCUT2D eigenvalue weighted by atomic mass is 10.2. The number of thiazole rings is 1. The zero-order valence-corrected chi connectivity index (χ0v) is 14.7. The zero-order valence-electron chi connectivity index (χ0n) is 12.3. The minimum Gasteiger partial charge on any atom is -0.262 e. The van der Waals surface area contributed by atoms with Gasteiger partial charge in [0.15, 0.2) is 0 Å². The van der Waals surface area contributed by atoms with Crippen molar-refractivity contribution in [3.05, 3.63) is 56.8 Å². The van der Waals surface area contributed by atoms with E-state index in [0.29, 0.717) is 5.92 Å². The molecule has 3 aromatic rings. The van der Waals surface area contributed by atoms with E-state index in [2.05, 4.69) is 20.6 Å². The molecule has 0 unspecified atom stereocenters. The molecule has 2 heterocycles. The molecule has 1 aliphatic carbocycles. The normalized spacial score (nSPS) is 14.3. The summed E-state index contributed by atoms with van der Waals surface area (Å²) in [7, 11) is 0. The van der Waals surface area contributed by atoms with Crippen LogP contribution >= 0.6 is 34.7 Å². The van der Waals surface area contributed by atoms with Gasteiger partial charge in [-0.25, -0.2) is 9.97 Å². The average molecular weight is 363 g/mol. The molecule has 4 rings (SSSR count). The van der Waals surface area contributed by atoms with Crippen LogP contribution in [-0.4, -0.2) is 20.2 Å². The van der Waals surface area contributed by atoms with Crippen LogP contribution in [0.2, 0.25) is 5.02 Å². The van der Waals surface area contributed by atoms with Crippen LogP contribution in [0, 0.1) is 0 Å². The summed E-state index contributed by atoms with van der Waals surface area (Å²) in [5.74, 6) is 2.45. The molecule has 1 aliphatic rings. The number of benzene rings is 1. The molecule has 0 bridgehead atoms. The van der Waals surface area contributed by atoms with E-state index in [-0.39, 0.29) is 0 Å². The summed E-state index contributed by atoms with van der Waals surface area (Å²) in [6.45, 7) is 0. The molecule has 1 N–H and O–H groups in total. The van der Waals surface area contributed by atoms with E-state index in [9.17, 15) is 0 Å². The summed E-state index contributed by atoms with van der Waals surface area (Å²) in [6, 6.07) is 7.93. The van der Waals surface area contributed by atoms with Crippen molar-refractivity contribution in [2.75, 3.05) is 0 Å². The third-order valence-electron chi connectivity index (χ3n) is 3.66. The van der Waals surface area contributed by atoms with Crippen LogP contribution in [-0.2, 0) is 12.2 Å². The van der Waals surface area contributed by atoms with Crippen LogP contribution in [0.25, 0.3) is 0 Å². The number of nitrogens with zero attached hydrogens (tertiary/aromatic N) is 3. The average Bonchev–Trinajstić information content (AvgIpc) is 3.13. The lowest BCUT2D eigenvalue weighted by molar-refractivity contribution is 0.932. The summed E-state index contributed by atoms with van der Waals surface area (Å²) in [4.78, 5) is 9.23. The standard InChI is InChI=1S/C16H15ClN4S2/c17-12-5-1-10(2-6-12)7-14-18-13(8-22-14)9-23-16-19-15(20-21-16)11-3-4-11/h1-2,5-6,8,11H,3-4,7,9H2,(H,19,20,21). The number of nitrogens with one attached hydrogen (secondary N) is 1. The van der Waals surface area contributed by atoms with Crippen LogP contribution in [0.1, 0.15) is 40.8 Å². The first-order valence-corrected chi connectivity index (χ1v) is 9.73. The zero-order chi connectivity index (χ0) is 15.6. The molecule has 0 amide bonds. The van der Waals surface area contributed by atoms with Gasteiger partial charge in [0.05, 0.1) is 10.7 Å². The molecule has 4 nitrogen and oxygen atoms in total. The minimum atomic E-state index is 0.613. The number of rotatable bonds is 6. The van der Waals surface area contributed by atoms with Gasteiger partial charge in [0, 0.05) is 28.5 Å². The molecule has 0 spiro atoms. The third-order valence-corrected chi connectivity index (χ3v) is 5.69. The van der Waals surface area contributed by atoms with Gasteiger partial charge in [-0.05, 0) is 30.5 Å². The summed E-state index contributed by atoms with van der Waals surface area (Å²) < 4.78 is 0. The molecule has 23 heavy (non-hydrogen) atoms. The van der Waals surface area contributed by atoms with Crippen molar-refractivity contribution in [2.45, 2.75) is 36.1 Å². The Hall–Kier alpha value is -1.37. The Morgan fingerprint density at radius 1 is 1.22 bits per heavy atom. The molecular formula is C16H15ClN4S2. The van der Waals surface area contributed by atoms with Crippen molar-refractivity contribution >= 4 is 34.7 Å². The largest absolute Gasteiger partial charge is 0.262 e. The Morgan fingerprint density at radius 3 is 2.83 bits per heavy atom. The summed E-state index contributed by atoms with van der Waals surface area (Å²) in [6.07, 6.45) is 3.32. The lowest BCUT2D eigenvalue weighted by Gasteiger charge is -1.98. The topological polar surface area (TPSA) is 54.5 Å². The lowest BCUT2D eigenvalue weighted by Crippen LogP contribution is -1.88. The SMILES string of the molecule is Clc1ccc(Cc2nc(CSc3n[nH]c(C4CC4)n3)cs2)cc1. The highest BCUT2D eigenvalue weighted by molar-refractivity contribution is 7.98. The molecule has 1 saturated carbocycles. The van der Waals surface area contributed by atoms with Gasteiger partial charge in [-0.15, -0.1) is 16.4 Å². The van der Waals surface area contributed by atoms with Gasteiger partial charge in [0.1, 0.15) is 5.82 Å². The van der Waals surface area contributed by atoms with Crippen LogP contribution < -0.4 is 0 Å². The Kier molecular flexibility index (Phi) is 4.37. The molecule has 2 aromatic heterocycles. The third kappa shape index (κ3) is 3.94. The van der Waals surface area contributed by atoms with Crippen molar-refractivity contribution in [1.82, 2.24) is 20.2 Å². The molecule has 1 aromatic carbocycles.